The number of hydrogen-bond acceptors (Lipinski definition) is 10. The molecule has 0 bridgehead atoms. The van der Waals surface area contributed by atoms with E-state index in [1.807, 2.05) is 56.0 Å². The fraction of sp³-hybridized carbons (Fsp3) is 0.629. The number of rotatable bonds is 7. The molecule has 0 amide bonds. The molecule has 246 valence electrons. The van der Waals surface area contributed by atoms with Crippen LogP contribution in [0.25, 0.3) is 0 Å². The van der Waals surface area contributed by atoms with Gasteiger partial charge in [-0.15, -0.1) is 6.58 Å². The van der Waals surface area contributed by atoms with Crippen LogP contribution in [0.3, 0.4) is 0 Å². The van der Waals surface area contributed by atoms with Crippen molar-refractivity contribution in [2.45, 2.75) is 95.4 Å². The molecule has 10 nitrogen and oxygen atoms in total. The second-order valence-electron chi connectivity index (χ2n) is 14.6. The van der Waals surface area contributed by atoms with Gasteiger partial charge in [0.15, 0.2) is 6.61 Å². The van der Waals surface area contributed by atoms with E-state index in [0.29, 0.717) is 44.3 Å². The summed E-state index contributed by atoms with van der Waals surface area (Å²) >= 11 is 0. The monoisotopic (exact) mass is 625 g/mol. The van der Waals surface area contributed by atoms with E-state index in [1.54, 1.807) is 26.0 Å². The number of carbonyl (C=O) groups excluding carboxylic acids is 3. The van der Waals surface area contributed by atoms with Gasteiger partial charge < -0.3 is 29.5 Å². The van der Waals surface area contributed by atoms with Gasteiger partial charge in [0.1, 0.15) is 11.7 Å². The van der Waals surface area contributed by atoms with Crippen molar-refractivity contribution in [2.75, 3.05) is 26.2 Å². The fourth-order valence-corrected chi connectivity index (χ4v) is 8.51. The summed E-state index contributed by atoms with van der Waals surface area (Å²) < 4.78 is 17.9. The summed E-state index contributed by atoms with van der Waals surface area (Å²) in [7, 11) is 0. The Balaban J connectivity index is 1.28. The van der Waals surface area contributed by atoms with Gasteiger partial charge in [-0.05, 0) is 63.5 Å². The normalized spacial score (nSPS) is 35.3. The molecular formula is C35H47NO9. The summed E-state index contributed by atoms with van der Waals surface area (Å²) in [5.74, 6) is -5.09. The van der Waals surface area contributed by atoms with Gasteiger partial charge in [-0.2, -0.15) is 0 Å². The van der Waals surface area contributed by atoms with Crippen molar-refractivity contribution in [2.24, 2.45) is 16.7 Å². The number of ketones is 1. The van der Waals surface area contributed by atoms with Crippen LogP contribution < -0.4 is 0 Å². The van der Waals surface area contributed by atoms with Crippen molar-refractivity contribution in [3.05, 3.63) is 60.2 Å². The largest absolute Gasteiger partial charge is 0.453 e. The molecule has 45 heavy (non-hydrogen) atoms. The zero-order valence-electron chi connectivity index (χ0n) is 27.0. The number of fused-ring (bicyclic) bond motifs is 3. The van der Waals surface area contributed by atoms with Crippen LogP contribution in [0.2, 0.25) is 0 Å². The van der Waals surface area contributed by atoms with E-state index in [9.17, 15) is 29.7 Å². The van der Waals surface area contributed by atoms with Crippen LogP contribution in [0.15, 0.2) is 54.6 Å². The Morgan fingerprint density at radius 2 is 1.67 bits per heavy atom. The van der Waals surface area contributed by atoms with Crippen LogP contribution >= 0.6 is 0 Å². The van der Waals surface area contributed by atoms with Crippen LogP contribution in [-0.4, -0.2) is 87.3 Å². The van der Waals surface area contributed by atoms with Crippen molar-refractivity contribution in [1.29, 1.82) is 0 Å². The quantitative estimate of drug-likeness (QED) is 0.235. The van der Waals surface area contributed by atoms with Crippen LogP contribution in [0.5, 0.6) is 0 Å². The third-order valence-electron chi connectivity index (χ3n) is 10.9. The molecule has 0 spiro atoms. The number of allylic oxidation sites excluding steroid dienone is 1. The van der Waals surface area contributed by atoms with Crippen molar-refractivity contribution in [3.8, 4) is 0 Å². The number of esters is 2. The summed E-state index contributed by atoms with van der Waals surface area (Å²) in [4.78, 5) is 41.5. The molecule has 4 aliphatic rings. The molecule has 0 unspecified atom stereocenters. The van der Waals surface area contributed by atoms with Gasteiger partial charge >= 0.3 is 11.9 Å². The van der Waals surface area contributed by atoms with E-state index in [4.69, 9.17) is 14.2 Å². The highest BCUT2D eigenvalue weighted by molar-refractivity contribution is 5.96. The van der Waals surface area contributed by atoms with Gasteiger partial charge in [0.2, 0.25) is 11.6 Å². The van der Waals surface area contributed by atoms with Gasteiger partial charge in [-0.3, -0.25) is 14.5 Å². The molecule has 2 aliphatic carbocycles. The van der Waals surface area contributed by atoms with Gasteiger partial charge in [0, 0.05) is 25.4 Å². The highest BCUT2D eigenvalue weighted by atomic mass is 16.6. The number of likely N-dealkylation sites (tertiary alicyclic amines) is 1. The molecule has 1 saturated carbocycles. The van der Waals surface area contributed by atoms with E-state index in [1.165, 1.54) is 0 Å². The standard InChI is InChI=1S/C35H47NO9/c1-7-31(4)14-13-24-32(5)25(30(2,3)22-35(41,42)29(32)39)19-26(33(24,6)45-31)44-28(38)21-43-27(37)20-36-17-15-34(40,16-18-36)23-11-9-8-10-12-23/h7-12,19,24,26,40-42H,1,13-18,20-22H2,2-6H3/t24-,26+,31+,32-,33+/m1/s1. The molecule has 3 fully saturated rings. The number of benzene rings is 1. The lowest BCUT2D eigenvalue weighted by Crippen LogP contribution is -2.70. The Kier molecular flexibility index (Phi) is 8.49. The smallest absolute Gasteiger partial charge is 0.344 e. The van der Waals surface area contributed by atoms with E-state index in [0.717, 1.165) is 5.56 Å². The molecule has 5 atom stereocenters. The molecule has 5 rings (SSSR count). The molecule has 0 radical (unpaired) electrons. The third-order valence-corrected chi connectivity index (χ3v) is 10.9. The predicted octanol–water partition coefficient (Wildman–Crippen LogP) is 3.18. The first-order chi connectivity index (χ1) is 20.9. The van der Waals surface area contributed by atoms with Crippen LogP contribution in [0, 0.1) is 16.7 Å². The molecule has 2 heterocycles. The minimum atomic E-state index is -2.51. The van der Waals surface area contributed by atoms with Gasteiger partial charge in [-0.1, -0.05) is 55.8 Å². The molecule has 2 aliphatic heterocycles. The van der Waals surface area contributed by atoms with E-state index in [2.05, 4.69) is 6.58 Å². The summed E-state index contributed by atoms with van der Waals surface area (Å²) in [6.45, 7) is 13.3. The lowest BCUT2D eigenvalue weighted by molar-refractivity contribution is -0.260. The Bertz CT molecular complexity index is 1380. The molecule has 1 aromatic rings. The number of hydrogen-bond donors (Lipinski definition) is 3. The number of carbonyl (C=O) groups is 3. The number of nitrogens with zero attached hydrogens (tertiary/aromatic N) is 1. The first-order valence-electron chi connectivity index (χ1n) is 15.8. The highest BCUT2D eigenvalue weighted by Crippen LogP contribution is 2.63. The summed E-state index contributed by atoms with van der Waals surface area (Å²) in [6, 6.07) is 9.48. The van der Waals surface area contributed by atoms with Crippen molar-refractivity contribution >= 4 is 17.7 Å². The van der Waals surface area contributed by atoms with E-state index in [-0.39, 0.29) is 13.0 Å². The first-order valence-corrected chi connectivity index (χ1v) is 15.8. The minimum Gasteiger partial charge on any atom is -0.453 e. The second-order valence-corrected chi connectivity index (χ2v) is 14.6. The maximum Gasteiger partial charge on any atom is 0.344 e. The third kappa shape index (κ3) is 5.91. The Morgan fingerprint density at radius 3 is 2.29 bits per heavy atom. The number of Topliss-reactive ketones (excluding diaryl/α,β-unsaturated/α-hetero) is 1. The van der Waals surface area contributed by atoms with E-state index < -0.39 is 69.8 Å². The molecule has 3 N–H and O–H groups in total. The molecular weight excluding hydrogens is 578 g/mol. The Labute approximate surface area is 265 Å². The highest BCUT2D eigenvalue weighted by Gasteiger charge is 2.69. The van der Waals surface area contributed by atoms with Crippen LogP contribution in [0.4, 0.5) is 0 Å². The fourth-order valence-electron chi connectivity index (χ4n) is 8.51. The average molecular weight is 626 g/mol. The summed E-state index contributed by atoms with van der Waals surface area (Å²) in [6.07, 6.45) is 4.23. The van der Waals surface area contributed by atoms with Crippen molar-refractivity contribution in [3.63, 3.8) is 0 Å². The molecule has 2 saturated heterocycles. The average Bonchev–Trinajstić information content (AvgIpc) is 2.97. The summed E-state index contributed by atoms with van der Waals surface area (Å²) in [5.41, 5.74) is -3.49. The van der Waals surface area contributed by atoms with Crippen LogP contribution in [-0.2, 0) is 34.2 Å². The maximum absolute atomic E-state index is 13.7. The zero-order chi connectivity index (χ0) is 33.1. The number of aliphatic hydroxyl groups is 3. The van der Waals surface area contributed by atoms with Crippen molar-refractivity contribution < 1.29 is 43.9 Å². The minimum absolute atomic E-state index is 0.0229. The number of piperidine rings is 1. The first kappa shape index (κ1) is 33.5. The summed E-state index contributed by atoms with van der Waals surface area (Å²) in [5, 5.41) is 32.7. The maximum atomic E-state index is 13.7. The Hall–Kier alpha value is -2.89. The molecule has 0 aromatic heterocycles. The SMILES string of the molecule is C=C[C@@]1(C)CC[C@@H]2[C@@]3(C)C(=O)C(O)(O)CC(C)(C)C3=C[C@H](OC(=O)COC(=O)CN3CCC(O)(c4ccccc4)CC3)[C@@]2(C)O1. The Morgan fingerprint density at radius 1 is 1.02 bits per heavy atom. The predicted molar refractivity (Wildman–Crippen MR) is 164 cm³/mol. The van der Waals surface area contributed by atoms with E-state index >= 15 is 0 Å². The van der Waals surface area contributed by atoms with Crippen molar-refractivity contribution in [1.82, 2.24) is 4.90 Å². The van der Waals surface area contributed by atoms with Gasteiger partial charge in [-0.25, -0.2) is 4.79 Å². The molecule has 10 heteroatoms. The molecule has 1 aromatic carbocycles. The lowest BCUT2D eigenvalue weighted by atomic mass is 9.46. The van der Waals surface area contributed by atoms with Gasteiger partial charge in [0.05, 0.1) is 23.2 Å². The second kappa shape index (κ2) is 11.4. The lowest BCUT2D eigenvalue weighted by Gasteiger charge is -2.63. The number of ether oxygens (including phenoxy) is 3. The topological polar surface area (TPSA) is 143 Å². The van der Waals surface area contributed by atoms with Gasteiger partial charge in [0.25, 0.3) is 0 Å². The van der Waals surface area contributed by atoms with Crippen LogP contribution in [0.1, 0.15) is 72.3 Å². The zero-order valence-corrected chi connectivity index (χ0v) is 27.0.